The number of benzene rings is 1. The molecule has 0 saturated heterocycles. The van der Waals surface area contributed by atoms with Gasteiger partial charge >= 0.3 is 7.25 Å². The zero-order valence-corrected chi connectivity index (χ0v) is 11.0. The van der Waals surface area contributed by atoms with E-state index in [4.69, 9.17) is 0 Å². The summed E-state index contributed by atoms with van der Waals surface area (Å²) >= 11 is 0. The van der Waals surface area contributed by atoms with Gasteiger partial charge in [0.05, 0.1) is 19.6 Å². The van der Waals surface area contributed by atoms with Crippen molar-refractivity contribution in [3.63, 3.8) is 0 Å². The fourth-order valence-corrected chi connectivity index (χ4v) is 1.96. The van der Waals surface area contributed by atoms with Crippen LogP contribution in [0, 0.1) is 0 Å². The Hall–Kier alpha value is -1.04. The Morgan fingerprint density at radius 2 is 1.17 bits per heavy atom. The topological polar surface area (TPSA) is 0 Å². The average molecular weight is 265 g/mol. The van der Waals surface area contributed by atoms with Gasteiger partial charge in [-0.15, -0.1) is 0 Å². The van der Waals surface area contributed by atoms with Crippen LogP contribution in [-0.4, -0.2) is 26.9 Å². The van der Waals surface area contributed by atoms with Gasteiger partial charge < -0.3 is 17.3 Å². The van der Waals surface area contributed by atoms with Gasteiger partial charge in [0.15, 0.2) is 0 Å². The first-order valence-electron chi connectivity index (χ1n) is 6.08. The Morgan fingerprint density at radius 1 is 0.833 bits per heavy atom. The van der Waals surface area contributed by atoms with Gasteiger partial charge in [0.25, 0.3) is 0 Å². The van der Waals surface area contributed by atoms with Crippen molar-refractivity contribution in [2.75, 3.05) is 19.6 Å². The molecule has 0 fully saturated rings. The molecule has 0 radical (unpaired) electrons. The second-order valence-corrected chi connectivity index (χ2v) is 3.92. The summed E-state index contributed by atoms with van der Waals surface area (Å²) < 4.78 is 40.1. The molecule has 0 aromatic heterocycles. The van der Waals surface area contributed by atoms with Crippen LogP contribution in [0.15, 0.2) is 30.3 Å². The lowest BCUT2D eigenvalue weighted by Gasteiger charge is -2.35. The van der Waals surface area contributed by atoms with E-state index in [0.717, 1.165) is 4.48 Å². The Bertz CT molecular complexity index is 308. The van der Waals surface area contributed by atoms with Gasteiger partial charge in [0.1, 0.15) is 5.69 Å². The first-order valence-corrected chi connectivity index (χ1v) is 6.08. The number of rotatable bonds is 4. The molecule has 0 aliphatic carbocycles. The molecule has 18 heavy (non-hydrogen) atoms. The van der Waals surface area contributed by atoms with Gasteiger partial charge in [0.2, 0.25) is 0 Å². The fraction of sp³-hybridized carbons (Fsp3) is 0.500. The normalized spacial score (nSPS) is 11.7. The molecule has 0 saturated carbocycles. The maximum absolute atomic E-state index is 9.75. The first kappa shape index (κ1) is 17.0. The molecule has 1 aromatic carbocycles. The minimum absolute atomic E-state index is 1.10. The highest BCUT2D eigenvalue weighted by atomic mass is 19.5. The van der Waals surface area contributed by atoms with Crippen molar-refractivity contribution in [1.82, 2.24) is 4.48 Å². The van der Waals surface area contributed by atoms with Gasteiger partial charge in [-0.2, -0.15) is 0 Å². The lowest BCUT2D eigenvalue weighted by molar-refractivity contribution is 0.316. The third-order valence-electron chi connectivity index (χ3n) is 3.12. The predicted molar refractivity (Wildman–Crippen MR) is 70.0 cm³/mol. The van der Waals surface area contributed by atoms with Crippen molar-refractivity contribution in [2.24, 2.45) is 0 Å². The van der Waals surface area contributed by atoms with Gasteiger partial charge in [-0.25, -0.2) is 0 Å². The summed E-state index contributed by atoms with van der Waals surface area (Å²) in [7, 11) is -6.00. The highest BCUT2D eigenvalue weighted by Crippen LogP contribution is 2.21. The Balaban J connectivity index is 0.000000494. The SMILES string of the molecule is CC[N+](CC)(CC)c1ccccc1.F[B-](F)(F)F. The molecule has 0 aliphatic heterocycles. The lowest BCUT2D eigenvalue weighted by atomic mass is 10.2. The number of para-hydroxylation sites is 1. The summed E-state index contributed by atoms with van der Waals surface area (Å²) in [6.45, 7) is 10.3. The first-order chi connectivity index (χ1) is 8.29. The molecule has 1 nitrogen and oxygen atoms in total. The molecule has 0 unspecified atom stereocenters. The highest BCUT2D eigenvalue weighted by molar-refractivity contribution is 6.50. The number of nitrogens with zero attached hydrogens (tertiary/aromatic N) is 1. The van der Waals surface area contributed by atoms with Crippen molar-refractivity contribution >= 4 is 12.9 Å². The van der Waals surface area contributed by atoms with E-state index in [1.807, 2.05) is 0 Å². The van der Waals surface area contributed by atoms with E-state index in [2.05, 4.69) is 51.1 Å². The van der Waals surface area contributed by atoms with Crippen molar-refractivity contribution in [3.05, 3.63) is 30.3 Å². The quantitative estimate of drug-likeness (QED) is 0.431. The molecular formula is C12H20BF4N. The van der Waals surface area contributed by atoms with Crippen molar-refractivity contribution in [2.45, 2.75) is 20.8 Å². The summed E-state index contributed by atoms with van der Waals surface area (Å²) in [4.78, 5) is 0. The van der Waals surface area contributed by atoms with E-state index in [9.17, 15) is 17.3 Å². The van der Waals surface area contributed by atoms with Gasteiger partial charge in [0, 0.05) is 0 Å². The summed E-state index contributed by atoms with van der Waals surface area (Å²) in [6, 6.07) is 10.8. The molecule has 0 atom stereocenters. The third-order valence-corrected chi connectivity index (χ3v) is 3.12. The van der Waals surface area contributed by atoms with Crippen LogP contribution in [0.3, 0.4) is 0 Å². The van der Waals surface area contributed by atoms with Crippen LogP contribution < -0.4 is 4.48 Å². The number of quaternary nitrogens is 1. The molecule has 0 heterocycles. The maximum atomic E-state index is 9.75. The van der Waals surface area contributed by atoms with Crippen LogP contribution in [0.4, 0.5) is 23.0 Å². The molecule has 0 aliphatic rings. The van der Waals surface area contributed by atoms with Gasteiger partial charge in [-0.1, -0.05) is 18.2 Å². The number of hydrogen-bond donors (Lipinski definition) is 0. The molecule has 0 spiro atoms. The minimum atomic E-state index is -6.00. The standard InChI is InChI=1S/C12H20N.BF4/c1-4-13(5-2,6-3)12-10-8-7-9-11-12;2-1(3,4)5/h7-11H,4-6H2,1-3H3;/q+1;-1. The van der Waals surface area contributed by atoms with Gasteiger partial charge in [-0.3, -0.25) is 4.48 Å². The monoisotopic (exact) mass is 265 g/mol. The zero-order chi connectivity index (χ0) is 14.2. The van der Waals surface area contributed by atoms with Crippen LogP contribution >= 0.6 is 0 Å². The maximum Gasteiger partial charge on any atom is 0.673 e. The number of halogens is 4. The fourth-order valence-electron chi connectivity index (χ4n) is 1.96. The molecular weight excluding hydrogens is 245 g/mol. The van der Waals surface area contributed by atoms with Crippen LogP contribution in [0.2, 0.25) is 0 Å². The zero-order valence-electron chi connectivity index (χ0n) is 11.0. The molecule has 104 valence electrons. The highest BCUT2D eigenvalue weighted by Gasteiger charge is 2.23. The molecule has 0 amide bonds. The van der Waals surface area contributed by atoms with E-state index in [-0.39, 0.29) is 0 Å². The molecule has 6 heteroatoms. The van der Waals surface area contributed by atoms with E-state index < -0.39 is 7.25 Å². The van der Waals surface area contributed by atoms with Crippen molar-refractivity contribution in [1.29, 1.82) is 0 Å². The Morgan fingerprint density at radius 3 is 1.44 bits per heavy atom. The van der Waals surface area contributed by atoms with E-state index in [1.54, 1.807) is 0 Å². The van der Waals surface area contributed by atoms with Crippen LogP contribution in [0.5, 0.6) is 0 Å². The number of hydrogen-bond acceptors (Lipinski definition) is 0. The largest absolute Gasteiger partial charge is 0.673 e. The Labute approximate surface area is 106 Å². The van der Waals surface area contributed by atoms with E-state index in [0.29, 0.717) is 0 Å². The second-order valence-electron chi connectivity index (χ2n) is 3.92. The molecule has 0 bridgehead atoms. The minimum Gasteiger partial charge on any atom is -0.418 e. The summed E-state index contributed by atoms with van der Waals surface area (Å²) in [5.74, 6) is 0. The van der Waals surface area contributed by atoms with Crippen molar-refractivity contribution < 1.29 is 17.3 Å². The molecule has 1 rings (SSSR count). The van der Waals surface area contributed by atoms with E-state index >= 15 is 0 Å². The predicted octanol–water partition coefficient (Wildman–Crippen LogP) is 4.35. The van der Waals surface area contributed by atoms with Crippen LogP contribution in [0.1, 0.15) is 20.8 Å². The van der Waals surface area contributed by atoms with Crippen LogP contribution in [-0.2, 0) is 0 Å². The third kappa shape index (κ3) is 6.05. The summed E-state index contributed by atoms with van der Waals surface area (Å²) in [5.41, 5.74) is 1.44. The Kier molecular flexibility index (Phi) is 6.98. The van der Waals surface area contributed by atoms with E-state index in [1.165, 1.54) is 25.3 Å². The molecule has 0 N–H and O–H groups in total. The smallest absolute Gasteiger partial charge is 0.418 e. The van der Waals surface area contributed by atoms with Crippen molar-refractivity contribution in [3.8, 4) is 0 Å². The summed E-state index contributed by atoms with van der Waals surface area (Å²) in [6.07, 6.45) is 0. The van der Waals surface area contributed by atoms with Crippen LogP contribution in [0.25, 0.3) is 0 Å². The second kappa shape index (κ2) is 7.41. The summed E-state index contributed by atoms with van der Waals surface area (Å²) in [5, 5.41) is 0. The lowest BCUT2D eigenvalue weighted by Crippen LogP contribution is -2.48. The van der Waals surface area contributed by atoms with Gasteiger partial charge in [-0.05, 0) is 32.9 Å². The molecule has 1 aromatic rings. The average Bonchev–Trinajstić information content (AvgIpc) is 2.31.